The van der Waals surface area contributed by atoms with Gasteiger partial charge in [0, 0.05) is 12.0 Å². The third-order valence-corrected chi connectivity index (χ3v) is 4.72. The molecule has 0 saturated carbocycles. The van der Waals surface area contributed by atoms with E-state index < -0.39 is 0 Å². The molecule has 0 radical (unpaired) electrons. The monoisotopic (exact) mass is 399 g/mol. The summed E-state index contributed by atoms with van der Waals surface area (Å²) in [6.45, 7) is 1.38. The van der Waals surface area contributed by atoms with Gasteiger partial charge in [0.15, 0.2) is 5.89 Å². The predicted molar refractivity (Wildman–Crippen MR) is 118 cm³/mol. The largest absolute Gasteiger partial charge is 0.494 e. The first-order valence-electron chi connectivity index (χ1n) is 10.3. The van der Waals surface area contributed by atoms with Gasteiger partial charge in [0.25, 0.3) is 0 Å². The Balaban J connectivity index is 1.18. The van der Waals surface area contributed by atoms with Crippen LogP contribution < -0.4 is 9.47 Å². The molecule has 0 aliphatic heterocycles. The van der Waals surface area contributed by atoms with Crippen LogP contribution in [0.3, 0.4) is 0 Å². The molecule has 0 atom stereocenters. The van der Waals surface area contributed by atoms with Crippen LogP contribution in [0.25, 0.3) is 11.3 Å². The maximum Gasteiger partial charge on any atom is 0.198 e. The molecular weight excluding hydrogens is 374 g/mol. The highest BCUT2D eigenvalue weighted by molar-refractivity contribution is 5.57. The van der Waals surface area contributed by atoms with Gasteiger partial charge in [-0.1, -0.05) is 60.7 Å². The minimum atomic E-state index is 0.657. The smallest absolute Gasteiger partial charge is 0.198 e. The van der Waals surface area contributed by atoms with Gasteiger partial charge in [0.2, 0.25) is 0 Å². The van der Waals surface area contributed by atoms with E-state index in [1.54, 1.807) is 6.26 Å². The predicted octanol–water partition coefficient (Wildman–Crippen LogP) is 6.17. The molecule has 3 aromatic carbocycles. The molecule has 1 aromatic heterocycles. The molecule has 4 heteroatoms. The number of nitrogens with zero attached hydrogens (tertiary/aromatic N) is 1. The van der Waals surface area contributed by atoms with E-state index >= 15 is 0 Å². The number of benzene rings is 3. The minimum Gasteiger partial charge on any atom is -0.494 e. The maximum atomic E-state index is 5.83. The van der Waals surface area contributed by atoms with Crippen molar-refractivity contribution in [1.29, 1.82) is 0 Å². The van der Waals surface area contributed by atoms with E-state index in [4.69, 9.17) is 13.9 Å². The zero-order valence-electron chi connectivity index (χ0n) is 16.9. The van der Waals surface area contributed by atoms with Crippen LogP contribution in [-0.2, 0) is 6.42 Å². The van der Waals surface area contributed by atoms with Crippen molar-refractivity contribution in [2.75, 3.05) is 13.2 Å². The summed E-state index contributed by atoms with van der Waals surface area (Å²) in [5, 5.41) is 0. The first-order valence-corrected chi connectivity index (χ1v) is 10.3. The lowest BCUT2D eigenvalue weighted by atomic mass is 10.1. The summed E-state index contributed by atoms with van der Waals surface area (Å²) in [4.78, 5) is 4.59. The quantitative estimate of drug-likeness (QED) is 0.299. The van der Waals surface area contributed by atoms with Crippen molar-refractivity contribution in [3.05, 3.63) is 103 Å². The average Bonchev–Trinajstić information content (AvgIpc) is 3.27. The van der Waals surface area contributed by atoms with Crippen molar-refractivity contribution in [2.45, 2.75) is 19.3 Å². The number of unbranched alkanes of at least 4 members (excludes halogenated alkanes) is 1. The van der Waals surface area contributed by atoms with Gasteiger partial charge in [0.05, 0.1) is 13.2 Å². The second kappa shape index (κ2) is 10.3. The topological polar surface area (TPSA) is 44.5 Å². The van der Waals surface area contributed by atoms with E-state index in [2.05, 4.69) is 17.1 Å². The molecule has 0 unspecified atom stereocenters. The number of hydrogen-bond acceptors (Lipinski definition) is 4. The molecule has 0 N–H and O–H groups in total. The SMILES string of the molecule is c1ccc(OCCCCOc2ccc(Cc3nc(-c4ccccc4)co3)cc2)cc1. The van der Waals surface area contributed by atoms with Gasteiger partial charge >= 0.3 is 0 Å². The summed E-state index contributed by atoms with van der Waals surface area (Å²) in [6, 6.07) is 28.0. The van der Waals surface area contributed by atoms with Crippen molar-refractivity contribution >= 4 is 0 Å². The lowest BCUT2D eigenvalue weighted by Crippen LogP contribution is -2.02. The average molecular weight is 399 g/mol. The molecule has 0 amide bonds. The number of rotatable bonds is 10. The highest BCUT2D eigenvalue weighted by Crippen LogP contribution is 2.20. The van der Waals surface area contributed by atoms with E-state index in [9.17, 15) is 0 Å². The van der Waals surface area contributed by atoms with E-state index in [0.29, 0.717) is 25.5 Å². The highest BCUT2D eigenvalue weighted by Gasteiger charge is 2.07. The van der Waals surface area contributed by atoms with Gasteiger partial charge in [-0.25, -0.2) is 4.98 Å². The van der Waals surface area contributed by atoms with Crippen LogP contribution in [0.5, 0.6) is 11.5 Å². The fourth-order valence-corrected chi connectivity index (χ4v) is 3.11. The zero-order chi connectivity index (χ0) is 20.4. The van der Waals surface area contributed by atoms with E-state index in [0.717, 1.165) is 41.2 Å². The maximum absolute atomic E-state index is 5.83. The summed E-state index contributed by atoms with van der Waals surface area (Å²) in [6.07, 6.45) is 4.28. The van der Waals surface area contributed by atoms with E-state index in [-0.39, 0.29) is 0 Å². The molecule has 0 aliphatic rings. The number of oxazole rings is 1. The number of ether oxygens (including phenoxy) is 2. The Bertz CT molecular complexity index is 1010. The first-order chi connectivity index (χ1) is 14.9. The van der Waals surface area contributed by atoms with Crippen LogP contribution in [0.15, 0.2) is 95.6 Å². The normalized spacial score (nSPS) is 10.7. The third kappa shape index (κ3) is 5.74. The Hall–Kier alpha value is -3.53. The summed E-state index contributed by atoms with van der Waals surface area (Å²) < 4.78 is 17.2. The minimum absolute atomic E-state index is 0.657. The fraction of sp³-hybridized carbons (Fsp3) is 0.192. The van der Waals surface area contributed by atoms with Gasteiger partial charge in [-0.3, -0.25) is 0 Å². The molecule has 0 spiro atoms. The Kier molecular flexibility index (Phi) is 6.79. The zero-order valence-corrected chi connectivity index (χ0v) is 16.9. The van der Waals surface area contributed by atoms with Crippen molar-refractivity contribution in [2.24, 2.45) is 0 Å². The van der Waals surface area contributed by atoms with Crippen molar-refractivity contribution in [1.82, 2.24) is 4.98 Å². The molecular formula is C26H25NO3. The van der Waals surface area contributed by atoms with Crippen LogP contribution in [-0.4, -0.2) is 18.2 Å². The Morgan fingerprint density at radius 3 is 1.93 bits per heavy atom. The molecule has 152 valence electrons. The van der Waals surface area contributed by atoms with Crippen LogP contribution in [0.4, 0.5) is 0 Å². The van der Waals surface area contributed by atoms with Gasteiger partial charge in [0.1, 0.15) is 23.5 Å². The number of aromatic nitrogens is 1. The van der Waals surface area contributed by atoms with Gasteiger partial charge < -0.3 is 13.9 Å². The summed E-state index contributed by atoms with van der Waals surface area (Å²) in [7, 11) is 0. The summed E-state index contributed by atoms with van der Waals surface area (Å²) in [5.41, 5.74) is 3.06. The Morgan fingerprint density at radius 2 is 1.27 bits per heavy atom. The standard InChI is InChI=1S/C26H25NO3/c1-3-9-22(10-4-1)25-20-30-26(27-25)19-21-13-15-24(16-14-21)29-18-8-7-17-28-23-11-5-2-6-12-23/h1-6,9-16,20H,7-8,17-19H2. The van der Waals surface area contributed by atoms with Crippen molar-refractivity contribution < 1.29 is 13.9 Å². The van der Waals surface area contributed by atoms with Crippen LogP contribution in [0.2, 0.25) is 0 Å². The number of para-hydroxylation sites is 1. The van der Waals surface area contributed by atoms with Crippen LogP contribution >= 0.6 is 0 Å². The van der Waals surface area contributed by atoms with Gasteiger partial charge in [-0.2, -0.15) is 0 Å². The first kappa shape index (κ1) is 19.8. The van der Waals surface area contributed by atoms with Crippen molar-refractivity contribution in [3.8, 4) is 22.8 Å². The molecule has 0 saturated heterocycles. The Labute approximate surface area is 177 Å². The molecule has 4 nitrogen and oxygen atoms in total. The van der Waals surface area contributed by atoms with Crippen LogP contribution in [0, 0.1) is 0 Å². The second-order valence-electron chi connectivity index (χ2n) is 7.03. The van der Waals surface area contributed by atoms with Gasteiger partial charge in [-0.05, 0) is 42.7 Å². The molecule has 0 fully saturated rings. The molecule has 0 aliphatic carbocycles. The summed E-state index contributed by atoms with van der Waals surface area (Å²) in [5.74, 6) is 2.50. The highest BCUT2D eigenvalue weighted by atomic mass is 16.5. The second-order valence-corrected chi connectivity index (χ2v) is 7.03. The van der Waals surface area contributed by atoms with Crippen molar-refractivity contribution in [3.63, 3.8) is 0 Å². The molecule has 4 rings (SSSR count). The summed E-state index contributed by atoms with van der Waals surface area (Å²) >= 11 is 0. The Morgan fingerprint density at radius 1 is 0.667 bits per heavy atom. The van der Waals surface area contributed by atoms with Gasteiger partial charge in [-0.15, -0.1) is 0 Å². The van der Waals surface area contributed by atoms with Crippen LogP contribution in [0.1, 0.15) is 24.3 Å². The third-order valence-electron chi connectivity index (χ3n) is 4.72. The fourth-order valence-electron chi connectivity index (χ4n) is 3.11. The lowest BCUT2D eigenvalue weighted by Gasteiger charge is -2.08. The van der Waals surface area contributed by atoms with E-state index in [1.807, 2.05) is 72.8 Å². The molecule has 0 bridgehead atoms. The number of hydrogen-bond donors (Lipinski definition) is 0. The van der Waals surface area contributed by atoms with E-state index in [1.165, 1.54) is 0 Å². The molecule has 4 aromatic rings. The molecule has 1 heterocycles. The lowest BCUT2D eigenvalue weighted by molar-refractivity contribution is 0.266. The molecule has 30 heavy (non-hydrogen) atoms.